The van der Waals surface area contributed by atoms with E-state index < -0.39 is 0 Å². The normalized spacial score (nSPS) is 24.7. The number of morpholine rings is 1. The molecule has 2 amide bonds. The highest BCUT2D eigenvalue weighted by molar-refractivity contribution is 5.77. The number of hydrogen-bond acceptors (Lipinski definition) is 4. The van der Waals surface area contributed by atoms with Crippen LogP contribution in [0.5, 0.6) is 0 Å². The van der Waals surface area contributed by atoms with Gasteiger partial charge in [0, 0.05) is 51.1 Å². The number of ether oxygens (including phenoxy) is 1. The van der Waals surface area contributed by atoms with Crippen LogP contribution in [0.15, 0.2) is 30.3 Å². The van der Waals surface area contributed by atoms with Crippen LogP contribution in [-0.4, -0.2) is 73.1 Å². The monoisotopic (exact) mass is 413 g/mol. The summed E-state index contributed by atoms with van der Waals surface area (Å²) in [5.41, 5.74) is 1.20. The number of aryl methyl sites for hydroxylation is 1. The fourth-order valence-electron chi connectivity index (χ4n) is 4.72. The maximum atomic E-state index is 12.8. The summed E-state index contributed by atoms with van der Waals surface area (Å²) in [6.45, 7) is 4.51. The van der Waals surface area contributed by atoms with Gasteiger partial charge in [0.05, 0.1) is 13.2 Å². The highest BCUT2D eigenvalue weighted by Gasteiger charge is 2.38. The van der Waals surface area contributed by atoms with Crippen LogP contribution in [0.2, 0.25) is 0 Å². The van der Waals surface area contributed by atoms with Crippen molar-refractivity contribution < 1.29 is 14.3 Å². The van der Waals surface area contributed by atoms with Crippen molar-refractivity contribution in [3.63, 3.8) is 0 Å². The Morgan fingerprint density at radius 2 is 1.73 bits per heavy atom. The van der Waals surface area contributed by atoms with Crippen molar-refractivity contribution in [2.24, 2.45) is 5.92 Å². The summed E-state index contributed by atoms with van der Waals surface area (Å²) in [7, 11) is 0. The molecule has 3 aliphatic rings. The summed E-state index contributed by atoms with van der Waals surface area (Å²) in [6.07, 6.45) is 6.62. The summed E-state index contributed by atoms with van der Waals surface area (Å²) in [4.78, 5) is 29.6. The van der Waals surface area contributed by atoms with Gasteiger partial charge in [-0.25, -0.2) is 0 Å². The van der Waals surface area contributed by atoms with Gasteiger partial charge < -0.3 is 15.0 Å². The van der Waals surface area contributed by atoms with Gasteiger partial charge in [-0.2, -0.15) is 0 Å². The molecule has 1 aromatic carbocycles. The fraction of sp³-hybridized carbons (Fsp3) is 0.667. The maximum absolute atomic E-state index is 12.8. The van der Waals surface area contributed by atoms with Crippen molar-refractivity contribution in [1.82, 2.24) is 15.1 Å². The van der Waals surface area contributed by atoms with E-state index in [-0.39, 0.29) is 11.8 Å². The maximum Gasteiger partial charge on any atom is 0.224 e. The second-order valence-electron chi connectivity index (χ2n) is 9.01. The van der Waals surface area contributed by atoms with Gasteiger partial charge in [-0.3, -0.25) is 14.5 Å². The van der Waals surface area contributed by atoms with Gasteiger partial charge in [-0.05, 0) is 43.6 Å². The highest BCUT2D eigenvalue weighted by Crippen LogP contribution is 2.35. The summed E-state index contributed by atoms with van der Waals surface area (Å²) < 4.78 is 5.38. The van der Waals surface area contributed by atoms with Crippen molar-refractivity contribution in [3.8, 4) is 0 Å². The molecule has 0 bridgehead atoms. The van der Waals surface area contributed by atoms with E-state index >= 15 is 0 Å². The van der Waals surface area contributed by atoms with Crippen LogP contribution in [-0.2, 0) is 20.7 Å². The Bertz CT molecular complexity index is 701. The van der Waals surface area contributed by atoms with Gasteiger partial charge >= 0.3 is 0 Å². The third kappa shape index (κ3) is 6.05. The summed E-state index contributed by atoms with van der Waals surface area (Å²) in [5.74, 6) is 1.16. The standard InChI is InChI=1S/C24H35N3O3/c28-23(11-8-19-4-2-1-3-5-19)25-17-22-10-9-21(27(22)18-20-6-7-20)16-24(29)26-12-14-30-15-13-26/h1-5,20-22H,6-18H2,(H,25,28)/t21-,22+/m1/s1. The lowest BCUT2D eigenvalue weighted by atomic mass is 10.1. The Morgan fingerprint density at radius 1 is 1.00 bits per heavy atom. The molecule has 0 aromatic heterocycles. The molecular weight excluding hydrogens is 378 g/mol. The third-order valence-corrected chi connectivity index (χ3v) is 6.73. The first-order chi connectivity index (χ1) is 14.7. The lowest BCUT2D eigenvalue weighted by Crippen LogP contribution is -2.47. The third-order valence-electron chi connectivity index (χ3n) is 6.73. The van der Waals surface area contributed by atoms with E-state index in [9.17, 15) is 9.59 Å². The van der Waals surface area contributed by atoms with Crippen molar-refractivity contribution >= 4 is 11.8 Å². The number of benzene rings is 1. The van der Waals surface area contributed by atoms with E-state index in [0.717, 1.165) is 44.8 Å². The van der Waals surface area contributed by atoms with Crippen molar-refractivity contribution in [1.29, 1.82) is 0 Å². The van der Waals surface area contributed by atoms with Crippen LogP contribution >= 0.6 is 0 Å². The molecule has 1 N–H and O–H groups in total. The predicted molar refractivity (Wildman–Crippen MR) is 116 cm³/mol. The van der Waals surface area contributed by atoms with E-state index in [1.807, 2.05) is 23.1 Å². The lowest BCUT2D eigenvalue weighted by Gasteiger charge is -2.33. The Hall–Kier alpha value is -1.92. The average molecular weight is 414 g/mol. The molecule has 2 aliphatic heterocycles. The molecule has 3 fully saturated rings. The van der Waals surface area contributed by atoms with Crippen molar-refractivity contribution in [3.05, 3.63) is 35.9 Å². The molecule has 0 radical (unpaired) electrons. The summed E-state index contributed by atoms with van der Waals surface area (Å²) in [6, 6.07) is 10.8. The molecule has 1 aliphatic carbocycles. The molecule has 4 rings (SSSR count). The Labute approximate surface area is 179 Å². The molecular formula is C24H35N3O3. The molecule has 0 unspecified atom stereocenters. The molecule has 1 aromatic rings. The van der Waals surface area contributed by atoms with Crippen LogP contribution in [0, 0.1) is 5.92 Å². The average Bonchev–Trinajstić information content (AvgIpc) is 3.53. The molecule has 30 heavy (non-hydrogen) atoms. The van der Waals surface area contributed by atoms with Crippen LogP contribution in [0.25, 0.3) is 0 Å². The molecule has 2 heterocycles. The summed E-state index contributed by atoms with van der Waals surface area (Å²) in [5, 5.41) is 3.16. The van der Waals surface area contributed by atoms with Gasteiger partial charge in [0.25, 0.3) is 0 Å². The highest BCUT2D eigenvalue weighted by atomic mass is 16.5. The number of carbonyl (C=O) groups is 2. The Kier molecular flexibility index (Phi) is 7.39. The molecule has 6 nitrogen and oxygen atoms in total. The number of amides is 2. The topological polar surface area (TPSA) is 61.9 Å². The predicted octanol–water partition coefficient (Wildman–Crippen LogP) is 2.23. The quantitative estimate of drug-likeness (QED) is 0.674. The van der Waals surface area contributed by atoms with Gasteiger partial charge in [-0.15, -0.1) is 0 Å². The molecule has 1 saturated carbocycles. The minimum absolute atomic E-state index is 0.123. The van der Waals surface area contributed by atoms with E-state index in [0.29, 0.717) is 44.7 Å². The number of carbonyl (C=O) groups excluding carboxylic acids is 2. The fourth-order valence-corrected chi connectivity index (χ4v) is 4.72. The first-order valence-corrected chi connectivity index (χ1v) is 11.6. The van der Waals surface area contributed by atoms with Gasteiger partial charge in [0.15, 0.2) is 0 Å². The number of rotatable bonds is 9. The van der Waals surface area contributed by atoms with Crippen LogP contribution in [0.4, 0.5) is 0 Å². The largest absolute Gasteiger partial charge is 0.378 e. The van der Waals surface area contributed by atoms with Crippen molar-refractivity contribution in [2.45, 2.75) is 57.0 Å². The Balaban J connectivity index is 1.25. The SMILES string of the molecule is O=C(CCc1ccccc1)NC[C@@H]1CC[C@H](CC(=O)N2CCOCC2)N1CC1CC1. The van der Waals surface area contributed by atoms with E-state index in [1.54, 1.807) is 0 Å². The smallest absolute Gasteiger partial charge is 0.224 e. The zero-order valence-corrected chi connectivity index (χ0v) is 17.9. The zero-order chi connectivity index (χ0) is 20.8. The molecule has 6 heteroatoms. The Morgan fingerprint density at radius 3 is 2.47 bits per heavy atom. The minimum Gasteiger partial charge on any atom is -0.378 e. The van der Waals surface area contributed by atoms with E-state index in [2.05, 4.69) is 22.3 Å². The number of hydrogen-bond donors (Lipinski definition) is 1. The molecule has 2 atom stereocenters. The van der Waals surface area contributed by atoms with E-state index in [4.69, 9.17) is 4.74 Å². The molecule has 0 spiro atoms. The first-order valence-electron chi connectivity index (χ1n) is 11.6. The van der Waals surface area contributed by atoms with Gasteiger partial charge in [0.2, 0.25) is 11.8 Å². The van der Waals surface area contributed by atoms with Gasteiger partial charge in [-0.1, -0.05) is 30.3 Å². The number of nitrogens with one attached hydrogen (secondary N) is 1. The second-order valence-corrected chi connectivity index (χ2v) is 9.01. The van der Waals surface area contributed by atoms with Crippen LogP contribution in [0.1, 0.15) is 44.1 Å². The van der Waals surface area contributed by atoms with Gasteiger partial charge in [0.1, 0.15) is 0 Å². The number of nitrogens with zero attached hydrogens (tertiary/aromatic N) is 2. The van der Waals surface area contributed by atoms with Crippen LogP contribution in [0.3, 0.4) is 0 Å². The van der Waals surface area contributed by atoms with Crippen LogP contribution < -0.4 is 5.32 Å². The first kappa shape index (κ1) is 21.3. The number of likely N-dealkylation sites (tertiary alicyclic amines) is 1. The minimum atomic E-state index is 0.123. The zero-order valence-electron chi connectivity index (χ0n) is 17.9. The summed E-state index contributed by atoms with van der Waals surface area (Å²) >= 11 is 0. The second kappa shape index (κ2) is 10.4. The van der Waals surface area contributed by atoms with E-state index in [1.165, 1.54) is 18.4 Å². The van der Waals surface area contributed by atoms with Crippen molar-refractivity contribution in [2.75, 3.05) is 39.4 Å². The lowest BCUT2D eigenvalue weighted by molar-refractivity contribution is -0.136. The molecule has 164 valence electrons. The molecule has 2 saturated heterocycles.